The van der Waals surface area contributed by atoms with Crippen molar-refractivity contribution >= 4 is 0 Å². The van der Waals surface area contributed by atoms with E-state index in [0.717, 1.165) is 19.1 Å². The molecule has 16 heavy (non-hydrogen) atoms. The van der Waals surface area contributed by atoms with E-state index in [2.05, 4.69) is 36.5 Å². The Morgan fingerprint density at radius 1 is 1.31 bits per heavy atom. The number of benzene rings is 1. The Morgan fingerprint density at radius 2 is 2.06 bits per heavy atom. The molecule has 1 N–H and O–H groups in total. The Kier molecular flexibility index (Phi) is 3.97. The lowest BCUT2D eigenvalue weighted by Crippen LogP contribution is -2.36. The lowest BCUT2D eigenvalue weighted by molar-refractivity contribution is -0.0392. The predicted molar refractivity (Wildman–Crippen MR) is 66.4 cm³/mol. The molecule has 1 aromatic rings. The van der Waals surface area contributed by atoms with Crippen LogP contribution in [0.1, 0.15) is 24.0 Å². The second-order valence-corrected chi connectivity index (χ2v) is 4.75. The molecule has 0 aliphatic heterocycles. The van der Waals surface area contributed by atoms with Gasteiger partial charge in [0.15, 0.2) is 0 Å². The van der Waals surface area contributed by atoms with Crippen molar-refractivity contribution in [3.8, 4) is 0 Å². The highest BCUT2D eigenvalue weighted by atomic mass is 16.5. The van der Waals surface area contributed by atoms with Crippen LogP contribution in [0.15, 0.2) is 24.3 Å². The largest absolute Gasteiger partial charge is 0.374 e. The Labute approximate surface area is 98.0 Å². The molecule has 1 saturated carbocycles. The predicted octanol–water partition coefficient (Wildman–Crippen LogP) is 2.51. The summed E-state index contributed by atoms with van der Waals surface area (Å²) in [5, 5.41) is 3.22. The molecule has 0 aromatic heterocycles. The molecule has 1 aliphatic carbocycles. The van der Waals surface area contributed by atoms with E-state index < -0.39 is 0 Å². The first-order valence-corrected chi connectivity index (χ1v) is 6.10. The van der Waals surface area contributed by atoms with E-state index >= 15 is 0 Å². The molecule has 1 fully saturated rings. The average Bonchev–Trinajstić information content (AvgIpc) is 2.23. The number of hydrogen-bond donors (Lipinski definition) is 1. The first-order valence-electron chi connectivity index (χ1n) is 6.10. The van der Waals surface area contributed by atoms with E-state index in [4.69, 9.17) is 4.74 Å². The smallest absolute Gasteiger partial charge is 0.0723 e. The van der Waals surface area contributed by atoms with Crippen LogP contribution in [0.2, 0.25) is 0 Å². The maximum atomic E-state index is 5.89. The highest BCUT2D eigenvalue weighted by Crippen LogP contribution is 2.30. The van der Waals surface area contributed by atoms with Crippen molar-refractivity contribution in [3.05, 3.63) is 35.4 Å². The third-order valence-electron chi connectivity index (χ3n) is 3.42. The molecule has 2 nitrogen and oxygen atoms in total. The second-order valence-electron chi connectivity index (χ2n) is 4.75. The molecule has 2 heteroatoms. The molecular weight excluding hydrogens is 198 g/mol. The normalized spacial score (nSPS) is 24.1. The zero-order valence-electron chi connectivity index (χ0n) is 10.2. The molecule has 1 aliphatic rings. The monoisotopic (exact) mass is 219 g/mol. The SMILES string of the molecule is CNCC1CC(OCc2ccccc2C)C1. The van der Waals surface area contributed by atoms with Gasteiger partial charge in [0, 0.05) is 0 Å². The van der Waals surface area contributed by atoms with Crippen molar-refractivity contribution in [1.82, 2.24) is 5.32 Å². The van der Waals surface area contributed by atoms with Crippen LogP contribution in [-0.2, 0) is 11.3 Å². The van der Waals surface area contributed by atoms with Crippen molar-refractivity contribution in [2.75, 3.05) is 13.6 Å². The van der Waals surface area contributed by atoms with Crippen LogP contribution in [0.3, 0.4) is 0 Å². The van der Waals surface area contributed by atoms with Crippen LogP contribution in [-0.4, -0.2) is 19.7 Å². The molecule has 0 saturated heterocycles. The topological polar surface area (TPSA) is 21.3 Å². The van der Waals surface area contributed by atoms with Crippen LogP contribution < -0.4 is 5.32 Å². The van der Waals surface area contributed by atoms with E-state index in [1.54, 1.807) is 0 Å². The molecule has 1 aromatic carbocycles. The van der Waals surface area contributed by atoms with Gasteiger partial charge in [0.25, 0.3) is 0 Å². The molecule has 2 rings (SSSR count). The van der Waals surface area contributed by atoms with E-state index in [0.29, 0.717) is 6.10 Å². The first kappa shape index (κ1) is 11.6. The molecule has 88 valence electrons. The molecule has 0 radical (unpaired) electrons. The Bertz CT molecular complexity index is 331. The minimum Gasteiger partial charge on any atom is -0.374 e. The average molecular weight is 219 g/mol. The van der Waals surface area contributed by atoms with Crippen molar-refractivity contribution in [2.45, 2.75) is 32.5 Å². The molecule has 0 heterocycles. The number of rotatable bonds is 5. The van der Waals surface area contributed by atoms with Crippen molar-refractivity contribution < 1.29 is 4.74 Å². The third kappa shape index (κ3) is 2.83. The van der Waals surface area contributed by atoms with Crippen molar-refractivity contribution in [2.24, 2.45) is 5.92 Å². The molecular formula is C14H21NO. The van der Waals surface area contributed by atoms with Gasteiger partial charge in [-0.15, -0.1) is 0 Å². The summed E-state index contributed by atoms with van der Waals surface area (Å²) < 4.78 is 5.89. The fraction of sp³-hybridized carbons (Fsp3) is 0.571. The van der Waals surface area contributed by atoms with Gasteiger partial charge in [-0.05, 0) is 50.4 Å². The fourth-order valence-corrected chi connectivity index (χ4v) is 2.25. The van der Waals surface area contributed by atoms with Crippen LogP contribution in [0.5, 0.6) is 0 Å². The Hall–Kier alpha value is -0.860. The standard InChI is InChI=1S/C14H21NO/c1-11-5-3-4-6-13(11)10-16-14-7-12(8-14)9-15-2/h3-6,12,14-15H,7-10H2,1-2H3. The van der Waals surface area contributed by atoms with Gasteiger partial charge in [-0.2, -0.15) is 0 Å². The Morgan fingerprint density at radius 3 is 2.75 bits per heavy atom. The van der Waals surface area contributed by atoms with Crippen LogP contribution in [0.4, 0.5) is 0 Å². The number of aryl methyl sites for hydroxylation is 1. The number of nitrogens with one attached hydrogen (secondary N) is 1. The molecule has 0 unspecified atom stereocenters. The summed E-state index contributed by atoms with van der Waals surface area (Å²) >= 11 is 0. The van der Waals surface area contributed by atoms with Crippen molar-refractivity contribution in [3.63, 3.8) is 0 Å². The summed E-state index contributed by atoms with van der Waals surface area (Å²) in [6.45, 7) is 4.04. The first-order chi connectivity index (χ1) is 7.79. The van der Waals surface area contributed by atoms with Crippen LogP contribution in [0, 0.1) is 12.8 Å². The zero-order chi connectivity index (χ0) is 11.4. The zero-order valence-corrected chi connectivity index (χ0v) is 10.2. The van der Waals surface area contributed by atoms with Gasteiger partial charge in [-0.3, -0.25) is 0 Å². The van der Waals surface area contributed by atoms with Crippen LogP contribution >= 0.6 is 0 Å². The van der Waals surface area contributed by atoms with E-state index in [1.165, 1.54) is 24.0 Å². The lowest BCUT2D eigenvalue weighted by Gasteiger charge is -2.35. The summed E-state index contributed by atoms with van der Waals surface area (Å²) in [6.07, 6.45) is 2.91. The van der Waals surface area contributed by atoms with Gasteiger partial charge in [0.2, 0.25) is 0 Å². The highest BCUT2D eigenvalue weighted by Gasteiger charge is 2.28. The molecule has 0 bridgehead atoms. The number of ether oxygens (including phenoxy) is 1. The maximum absolute atomic E-state index is 5.89. The van der Waals surface area contributed by atoms with Gasteiger partial charge in [0.1, 0.15) is 0 Å². The Balaban J connectivity index is 1.72. The van der Waals surface area contributed by atoms with Gasteiger partial charge >= 0.3 is 0 Å². The molecule has 0 amide bonds. The van der Waals surface area contributed by atoms with E-state index in [-0.39, 0.29) is 0 Å². The summed E-state index contributed by atoms with van der Waals surface area (Å²) in [4.78, 5) is 0. The van der Waals surface area contributed by atoms with Crippen molar-refractivity contribution in [1.29, 1.82) is 0 Å². The molecule has 0 atom stereocenters. The summed E-state index contributed by atoms with van der Waals surface area (Å²) in [5.41, 5.74) is 2.65. The van der Waals surface area contributed by atoms with E-state index in [9.17, 15) is 0 Å². The summed E-state index contributed by atoms with van der Waals surface area (Å²) in [5.74, 6) is 0.826. The third-order valence-corrected chi connectivity index (χ3v) is 3.42. The van der Waals surface area contributed by atoms with Gasteiger partial charge in [-0.1, -0.05) is 24.3 Å². The van der Waals surface area contributed by atoms with Gasteiger partial charge in [-0.25, -0.2) is 0 Å². The second kappa shape index (κ2) is 5.46. The quantitative estimate of drug-likeness (QED) is 0.821. The van der Waals surface area contributed by atoms with Crippen LogP contribution in [0.25, 0.3) is 0 Å². The number of hydrogen-bond acceptors (Lipinski definition) is 2. The highest BCUT2D eigenvalue weighted by molar-refractivity contribution is 5.24. The summed E-state index contributed by atoms with van der Waals surface area (Å²) in [6, 6.07) is 8.45. The minimum absolute atomic E-state index is 0.484. The minimum atomic E-state index is 0.484. The summed E-state index contributed by atoms with van der Waals surface area (Å²) in [7, 11) is 2.02. The van der Waals surface area contributed by atoms with Gasteiger partial charge in [0.05, 0.1) is 12.7 Å². The maximum Gasteiger partial charge on any atom is 0.0723 e. The van der Waals surface area contributed by atoms with Gasteiger partial charge < -0.3 is 10.1 Å². The lowest BCUT2D eigenvalue weighted by atomic mass is 9.82. The fourth-order valence-electron chi connectivity index (χ4n) is 2.25. The van der Waals surface area contributed by atoms with E-state index in [1.807, 2.05) is 7.05 Å². The molecule has 0 spiro atoms.